The number of carbonyl (C=O) groups is 1. The number of rotatable bonds is 7. The van der Waals surface area contributed by atoms with Crippen LogP contribution in [0.1, 0.15) is 22.6 Å². The monoisotopic (exact) mass is 384 g/mol. The zero-order valence-corrected chi connectivity index (χ0v) is 16.0. The van der Waals surface area contributed by atoms with E-state index in [-0.39, 0.29) is 11.9 Å². The van der Waals surface area contributed by atoms with Crippen molar-refractivity contribution in [2.45, 2.75) is 20.4 Å². The number of hydrogen-bond donors (Lipinski definition) is 1. The molecule has 28 heavy (non-hydrogen) atoms. The highest BCUT2D eigenvalue weighted by atomic mass is 16.5. The lowest BCUT2D eigenvalue weighted by Crippen LogP contribution is -2.07. The van der Waals surface area contributed by atoms with Crippen LogP contribution in [0, 0.1) is 13.8 Å². The average molecular weight is 384 g/mol. The van der Waals surface area contributed by atoms with Gasteiger partial charge in [-0.05, 0) is 19.9 Å². The van der Waals surface area contributed by atoms with Gasteiger partial charge in [0, 0.05) is 24.0 Å². The fourth-order valence-corrected chi connectivity index (χ4v) is 2.49. The summed E-state index contributed by atoms with van der Waals surface area (Å²) in [6, 6.07) is 0.184. The van der Waals surface area contributed by atoms with E-state index in [2.05, 4.69) is 25.5 Å². The van der Waals surface area contributed by atoms with Crippen molar-refractivity contribution >= 4 is 17.7 Å². The Morgan fingerprint density at radius 2 is 2.11 bits per heavy atom. The zero-order valence-electron chi connectivity index (χ0n) is 16.0. The molecule has 0 bridgehead atoms. The Kier molecular flexibility index (Phi) is 5.68. The molecule has 3 heterocycles. The first kappa shape index (κ1) is 19.1. The third kappa shape index (κ3) is 4.34. The normalized spacial score (nSPS) is 11.0. The maximum atomic E-state index is 12.2. The highest BCUT2D eigenvalue weighted by molar-refractivity contribution is 6.01. The summed E-state index contributed by atoms with van der Waals surface area (Å²) in [4.78, 5) is 20.2. The van der Waals surface area contributed by atoms with Crippen LogP contribution in [0.2, 0.25) is 0 Å². The first-order valence-electron chi connectivity index (χ1n) is 8.38. The molecule has 3 aromatic heterocycles. The van der Waals surface area contributed by atoms with Crippen molar-refractivity contribution in [3.05, 3.63) is 47.2 Å². The Labute approximate surface area is 161 Å². The van der Waals surface area contributed by atoms with Crippen LogP contribution >= 0.6 is 0 Å². The minimum absolute atomic E-state index is 0.184. The van der Waals surface area contributed by atoms with Gasteiger partial charge < -0.3 is 19.3 Å². The summed E-state index contributed by atoms with van der Waals surface area (Å²) >= 11 is 0. The van der Waals surface area contributed by atoms with Crippen LogP contribution < -0.4 is 14.8 Å². The third-order valence-corrected chi connectivity index (χ3v) is 3.95. The molecule has 0 atom stereocenters. The van der Waals surface area contributed by atoms with Crippen molar-refractivity contribution < 1.29 is 18.8 Å². The summed E-state index contributed by atoms with van der Waals surface area (Å²) in [5.74, 6) is 0.732. The van der Waals surface area contributed by atoms with Crippen molar-refractivity contribution in [2.24, 2.45) is 0 Å². The number of carbonyl (C=O) groups excluding carboxylic acids is 1. The number of amides is 1. The van der Waals surface area contributed by atoms with Crippen LogP contribution in [0.3, 0.4) is 0 Å². The largest absolute Gasteiger partial charge is 0.480 e. The van der Waals surface area contributed by atoms with Gasteiger partial charge in [-0.3, -0.25) is 9.48 Å². The second-order valence-corrected chi connectivity index (χ2v) is 5.87. The molecule has 0 saturated heterocycles. The van der Waals surface area contributed by atoms with Gasteiger partial charge in [0.2, 0.25) is 11.8 Å². The number of hydrogen-bond acceptors (Lipinski definition) is 8. The van der Waals surface area contributed by atoms with Crippen LogP contribution in [0.25, 0.3) is 6.08 Å². The molecule has 10 heteroatoms. The van der Waals surface area contributed by atoms with E-state index in [1.807, 2.05) is 13.8 Å². The standard InChI is InChI=1S/C18H20N6O4/c1-11-15(12(2)28-23-11)10-24-9-14(8-20-24)21-16(25)6-5-13-7-19-18(27-4)22-17(13)26-3/h5-9H,10H2,1-4H3,(H,21,25)/b6-5+. The van der Waals surface area contributed by atoms with Crippen molar-refractivity contribution in [2.75, 3.05) is 19.5 Å². The molecule has 0 saturated carbocycles. The van der Waals surface area contributed by atoms with Crippen molar-refractivity contribution in [1.29, 1.82) is 0 Å². The summed E-state index contributed by atoms with van der Waals surface area (Å²) in [6.07, 6.45) is 7.73. The minimum Gasteiger partial charge on any atom is -0.480 e. The minimum atomic E-state index is -0.324. The van der Waals surface area contributed by atoms with Crippen LogP contribution in [-0.2, 0) is 11.3 Å². The van der Waals surface area contributed by atoms with Gasteiger partial charge in [0.05, 0.1) is 43.9 Å². The molecule has 146 valence electrons. The van der Waals surface area contributed by atoms with E-state index in [0.717, 1.165) is 17.0 Å². The summed E-state index contributed by atoms with van der Waals surface area (Å²) in [5, 5.41) is 10.9. The second-order valence-electron chi connectivity index (χ2n) is 5.87. The summed E-state index contributed by atoms with van der Waals surface area (Å²) in [7, 11) is 2.94. The van der Waals surface area contributed by atoms with E-state index in [0.29, 0.717) is 23.7 Å². The molecule has 0 fully saturated rings. The van der Waals surface area contributed by atoms with E-state index < -0.39 is 0 Å². The van der Waals surface area contributed by atoms with E-state index >= 15 is 0 Å². The van der Waals surface area contributed by atoms with Crippen LogP contribution in [0.5, 0.6) is 11.9 Å². The first-order valence-corrected chi connectivity index (χ1v) is 8.38. The van der Waals surface area contributed by atoms with E-state index in [4.69, 9.17) is 14.0 Å². The molecule has 1 N–H and O–H groups in total. The van der Waals surface area contributed by atoms with Crippen molar-refractivity contribution in [1.82, 2.24) is 24.9 Å². The van der Waals surface area contributed by atoms with Crippen molar-refractivity contribution in [3.63, 3.8) is 0 Å². The number of nitrogens with zero attached hydrogens (tertiary/aromatic N) is 5. The Bertz CT molecular complexity index is 988. The van der Waals surface area contributed by atoms with Gasteiger partial charge in [-0.2, -0.15) is 10.1 Å². The summed E-state index contributed by atoms with van der Waals surface area (Å²) in [5.41, 5.74) is 2.90. The molecule has 3 aromatic rings. The topological polar surface area (TPSA) is 117 Å². The predicted octanol–water partition coefficient (Wildman–Crippen LogP) is 2.00. The molecule has 10 nitrogen and oxygen atoms in total. The van der Waals surface area contributed by atoms with Gasteiger partial charge >= 0.3 is 6.01 Å². The Balaban J connectivity index is 1.64. The number of ether oxygens (including phenoxy) is 2. The molecule has 0 radical (unpaired) electrons. The van der Waals surface area contributed by atoms with Crippen molar-refractivity contribution in [3.8, 4) is 11.9 Å². The highest BCUT2D eigenvalue weighted by Gasteiger charge is 2.11. The SMILES string of the molecule is COc1ncc(/C=C/C(=O)Nc2cnn(Cc3c(C)noc3C)c2)c(OC)n1. The fourth-order valence-electron chi connectivity index (χ4n) is 2.49. The average Bonchev–Trinajstić information content (AvgIpc) is 3.27. The molecule has 0 aliphatic rings. The number of nitrogens with one attached hydrogen (secondary N) is 1. The molecule has 0 unspecified atom stereocenters. The molecule has 0 aromatic carbocycles. The number of aromatic nitrogens is 5. The Hall–Kier alpha value is -3.69. The van der Waals surface area contributed by atoms with Gasteiger partial charge in [-0.15, -0.1) is 0 Å². The smallest absolute Gasteiger partial charge is 0.319 e. The Morgan fingerprint density at radius 1 is 1.29 bits per heavy atom. The Morgan fingerprint density at radius 3 is 2.79 bits per heavy atom. The molecule has 0 aliphatic carbocycles. The summed E-state index contributed by atoms with van der Waals surface area (Å²) < 4.78 is 17.0. The van der Waals surface area contributed by atoms with Gasteiger partial charge in [0.1, 0.15) is 5.76 Å². The molecular formula is C18H20N6O4. The van der Waals surface area contributed by atoms with Gasteiger partial charge in [0.25, 0.3) is 0 Å². The molecule has 1 amide bonds. The van der Waals surface area contributed by atoms with Crippen LogP contribution in [-0.4, -0.2) is 45.0 Å². The third-order valence-electron chi connectivity index (χ3n) is 3.95. The highest BCUT2D eigenvalue weighted by Crippen LogP contribution is 2.19. The quantitative estimate of drug-likeness (QED) is 0.615. The first-order chi connectivity index (χ1) is 13.5. The van der Waals surface area contributed by atoms with Gasteiger partial charge in [-0.25, -0.2) is 4.98 Å². The van der Waals surface area contributed by atoms with E-state index in [9.17, 15) is 4.79 Å². The molecular weight excluding hydrogens is 364 g/mol. The van der Waals surface area contributed by atoms with E-state index in [1.165, 1.54) is 26.5 Å². The number of anilines is 1. The molecule has 0 aliphatic heterocycles. The number of aryl methyl sites for hydroxylation is 2. The zero-order chi connectivity index (χ0) is 20.1. The lowest BCUT2D eigenvalue weighted by molar-refractivity contribution is -0.111. The lowest BCUT2D eigenvalue weighted by atomic mass is 10.2. The summed E-state index contributed by atoms with van der Waals surface area (Å²) in [6.45, 7) is 4.23. The van der Waals surface area contributed by atoms with Crippen LogP contribution in [0.4, 0.5) is 5.69 Å². The van der Waals surface area contributed by atoms with Gasteiger partial charge in [-0.1, -0.05) is 5.16 Å². The molecule has 0 spiro atoms. The maximum absolute atomic E-state index is 12.2. The number of methoxy groups -OCH3 is 2. The van der Waals surface area contributed by atoms with E-state index in [1.54, 1.807) is 23.2 Å². The maximum Gasteiger partial charge on any atom is 0.319 e. The van der Waals surface area contributed by atoms with Gasteiger partial charge in [0.15, 0.2) is 0 Å². The predicted molar refractivity (Wildman–Crippen MR) is 100 cm³/mol. The van der Waals surface area contributed by atoms with Crippen LogP contribution in [0.15, 0.2) is 29.2 Å². The second kappa shape index (κ2) is 8.33. The fraction of sp³-hybridized carbons (Fsp3) is 0.278. The molecule has 3 rings (SSSR count). The lowest BCUT2D eigenvalue weighted by Gasteiger charge is -2.04.